The van der Waals surface area contributed by atoms with Gasteiger partial charge in [0.2, 0.25) is 0 Å². The van der Waals surface area contributed by atoms with Gasteiger partial charge < -0.3 is 16.2 Å². The van der Waals surface area contributed by atoms with Gasteiger partial charge in [-0.15, -0.1) is 0 Å². The number of fused-ring (bicyclic) bond motifs is 1. The number of benzene rings is 2. The molecule has 0 spiro atoms. The summed E-state index contributed by atoms with van der Waals surface area (Å²) in [6.07, 6.45) is 2.08. The number of hydrogen-bond donors (Lipinski definition) is 3. The number of hydrogen-bond acceptors (Lipinski definition) is 6. The van der Waals surface area contributed by atoms with E-state index in [1.165, 1.54) is 6.20 Å². The van der Waals surface area contributed by atoms with E-state index in [2.05, 4.69) is 20.4 Å². The second kappa shape index (κ2) is 7.09. The molecule has 4 aromatic rings. The molecular weight excluding hydrogens is 356 g/mol. The molecule has 8 nitrogen and oxygen atoms in total. The average molecular weight is 374 g/mol. The van der Waals surface area contributed by atoms with Gasteiger partial charge in [0.25, 0.3) is 0 Å². The fraction of sp³-hybridized carbons (Fsp3) is 0.100. The Labute approximate surface area is 160 Å². The molecule has 4 N–H and O–H groups in total. The van der Waals surface area contributed by atoms with E-state index in [1.54, 1.807) is 24.4 Å². The zero-order valence-corrected chi connectivity index (χ0v) is 15.1. The Morgan fingerprint density at radius 1 is 1.21 bits per heavy atom. The molecule has 0 aliphatic heterocycles. The second-order valence-electron chi connectivity index (χ2n) is 6.42. The lowest BCUT2D eigenvalue weighted by Gasteiger charge is -2.09. The highest BCUT2D eigenvalue weighted by atomic mass is 16.4. The van der Waals surface area contributed by atoms with Crippen LogP contribution in [0, 0.1) is 0 Å². The summed E-state index contributed by atoms with van der Waals surface area (Å²) in [6, 6.07) is 14.8. The molecule has 2 heterocycles. The van der Waals surface area contributed by atoms with Gasteiger partial charge in [0.1, 0.15) is 5.82 Å². The molecule has 1 unspecified atom stereocenters. The Balaban J connectivity index is 1.62. The minimum atomic E-state index is -1.12. The lowest BCUT2D eigenvalue weighted by molar-refractivity contribution is 0.194. The third-order valence-electron chi connectivity index (χ3n) is 4.35. The summed E-state index contributed by atoms with van der Waals surface area (Å²) in [7, 11) is 0. The second-order valence-corrected chi connectivity index (χ2v) is 6.42. The van der Waals surface area contributed by atoms with Crippen LogP contribution in [0.2, 0.25) is 0 Å². The predicted octanol–water partition coefficient (Wildman–Crippen LogP) is 3.78. The van der Waals surface area contributed by atoms with Crippen molar-refractivity contribution >= 4 is 28.5 Å². The first kappa shape index (κ1) is 17.6. The molecule has 2 aromatic carbocycles. The smallest absolute Gasteiger partial charge is 0.432 e. The molecule has 0 aliphatic rings. The van der Waals surface area contributed by atoms with Crippen molar-refractivity contribution in [1.29, 1.82) is 0 Å². The zero-order valence-electron chi connectivity index (χ0n) is 15.1. The van der Waals surface area contributed by atoms with E-state index < -0.39 is 6.09 Å². The highest BCUT2D eigenvalue weighted by molar-refractivity contribution is 5.89. The van der Waals surface area contributed by atoms with Gasteiger partial charge in [-0.05, 0) is 42.8 Å². The third-order valence-corrected chi connectivity index (χ3v) is 4.35. The van der Waals surface area contributed by atoms with Gasteiger partial charge in [-0.2, -0.15) is 9.78 Å². The molecule has 0 saturated carbocycles. The van der Waals surface area contributed by atoms with Gasteiger partial charge in [-0.3, -0.25) is 0 Å². The van der Waals surface area contributed by atoms with E-state index in [0.29, 0.717) is 22.5 Å². The largest absolute Gasteiger partial charge is 0.463 e. The average Bonchev–Trinajstić information content (AvgIpc) is 3.12. The fourth-order valence-electron chi connectivity index (χ4n) is 2.94. The van der Waals surface area contributed by atoms with Crippen LogP contribution in [0.15, 0.2) is 60.9 Å². The van der Waals surface area contributed by atoms with Gasteiger partial charge in [0, 0.05) is 28.9 Å². The third kappa shape index (κ3) is 3.40. The first-order valence-electron chi connectivity index (χ1n) is 8.68. The van der Waals surface area contributed by atoms with Crippen molar-refractivity contribution in [2.75, 3.05) is 5.32 Å². The van der Waals surface area contributed by atoms with Crippen LogP contribution in [-0.2, 0) is 0 Å². The Morgan fingerprint density at radius 3 is 2.86 bits per heavy atom. The highest BCUT2D eigenvalue weighted by Gasteiger charge is 2.10. The van der Waals surface area contributed by atoms with Crippen LogP contribution in [0.1, 0.15) is 18.5 Å². The van der Waals surface area contributed by atoms with Gasteiger partial charge in [0.15, 0.2) is 5.82 Å². The molecule has 0 amide bonds. The fourth-order valence-corrected chi connectivity index (χ4v) is 2.94. The molecule has 0 aliphatic carbocycles. The molecular formula is C20H18N6O2. The SMILES string of the molecule is CC(N)c1cccc(-c2nccc(Nc3ccc4c(cnn4C(=O)O)c3)n2)c1. The summed E-state index contributed by atoms with van der Waals surface area (Å²) < 4.78 is 0.938. The monoisotopic (exact) mass is 374 g/mol. The quantitative estimate of drug-likeness (QED) is 0.497. The number of rotatable bonds is 4. The summed E-state index contributed by atoms with van der Waals surface area (Å²) in [4.78, 5) is 20.1. The summed E-state index contributed by atoms with van der Waals surface area (Å²) in [5.74, 6) is 1.22. The molecule has 8 heteroatoms. The molecule has 4 rings (SSSR count). The van der Waals surface area contributed by atoms with Gasteiger partial charge in [-0.25, -0.2) is 14.8 Å². The Kier molecular flexibility index (Phi) is 4.46. The van der Waals surface area contributed by atoms with Crippen molar-refractivity contribution in [3.8, 4) is 11.4 Å². The van der Waals surface area contributed by atoms with E-state index in [4.69, 9.17) is 10.8 Å². The van der Waals surface area contributed by atoms with Gasteiger partial charge in [-0.1, -0.05) is 18.2 Å². The normalized spacial score (nSPS) is 12.1. The Hall–Kier alpha value is -3.78. The highest BCUT2D eigenvalue weighted by Crippen LogP contribution is 2.24. The number of carbonyl (C=O) groups is 1. The van der Waals surface area contributed by atoms with E-state index in [0.717, 1.165) is 21.5 Å². The van der Waals surface area contributed by atoms with Crippen LogP contribution in [0.25, 0.3) is 22.3 Å². The molecule has 28 heavy (non-hydrogen) atoms. The van der Waals surface area contributed by atoms with Crippen LogP contribution in [0.5, 0.6) is 0 Å². The van der Waals surface area contributed by atoms with Crippen LogP contribution >= 0.6 is 0 Å². The topological polar surface area (TPSA) is 119 Å². The number of carboxylic acid groups (broad SMARTS) is 1. The van der Waals surface area contributed by atoms with E-state index in [-0.39, 0.29) is 6.04 Å². The maximum Gasteiger partial charge on any atom is 0.432 e. The first-order valence-corrected chi connectivity index (χ1v) is 8.68. The van der Waals surface area contributed by atoms with Crippen LogP contribution in [0.4, 0.5) is 16.3 Å². The number of nitrogens with one attached hydrogen (secondary N) is 1. The minimum Gasteiger partial charge on any atom is -0.463 e. The van der Waals surface area contributed by atoms with Crippen molar-refractivity contribution in [2.45, 2.75) is 13.0 Å². The molecule has 0 bridgehead atoms. The van der Waals surface area contributed by atoms with Crippen molar-refractivity contribution in [1.82, 2.24) is 19.7 Å². The first-order chi connectivity index (χ1) is 13.5. The van der Waals surface area contributed by atoms with Crippen molar-refractivity contribution in [3.05, 3.63) is 66.5 Å². The molecule has 1 atom stereocenters. The molecule has 0 radical (unpaired) electrons. The van der Waals surface area contributed by atoms with Gasteiger partial charge in [0.05, 0.1) is 11.7 Å². The number of nitrogens with zero attached hydrogens (tertiary/aromatic N) is 4. The molecule has 0 fully saturated rings. The minimum absolute atomic E-state index is 0.0697. The van der Waals surface area contributed by atoms with E-state index >= 15 is 0 Å². The Bertz CT molecular complexity index is 1170. The summed E-state index contributed by atoms with van der Waals surface area (Å²) in [5, 5.41) is 16.9. The van der Waals surface area contributed by atoms with Crippen molar-refractivity contribution in [2.24, 2.45) is 5.73 Å². The lowest BCUT2D eigenvalue weighted by Crippen LogP contribution is -2.08. The van der Waals surface area contributed by atoms with E-state index in [1.807, 2.05) is 37.3 Å². The Morgan fingerprint density at radius 2 is 2.07 bits per heavy atom. The van der Waals surface area contributed by atoms with E-state index in [9.17, 15) is 4.79 Å². The van der Waals surface area contributed by atoms with Gasteiger partial charge >= 0.3 is 6.09 Å². The predicted molar refractivity (Wildman–Crippen MR) is 107 cm³/mol. The lowest BCUT2D eigenvalue weighted by atomic mass is 10.1. The summed E-state index contributed by atoms with van der Waals surface area (Å²) in [6.45, 7) is 1.93. The van der Waals surface area contributed by atoms with Crippen molar-refractivity contribution in [3.63, 3.8) is 0 Å². The number of anilines is 2. The maximum absolute atomic E-state index is 11.2. The number of aromatic nitrogens is 4. The molecule has 140 valence electrons. The maximum atomic E-state index is 11.2. The number of nitrogens with two attached hydrogens (primary N) is 1. The van der Waals surface area contributed by atoms with Crippen LogP contribution in [-0.4, -0.2) is 30.9 Å². The van der Waals surface area contributed by atoms with Crippen LogP contribution < -0.4 is 11.1 Å². The summed E-state index contributed by atoms with van der Waals surface area (Å²) >= 11 is 0. The molecule has 0 saturated heterocycles. The zero-order chi connectivity index (χ0) is 19.7. The standard InChI is InChI=1S/C20H18N6O2/c1-12(21)13-3-2-4-14(9-13)19-22-8-7-18(25-19)24-16-5-6-17-15(10-16)11-23-26(17)20(27)28/h2-12H,21H2,1H3,(H,27,28)(H,22,24,25). The summed E-state index contributed by atoms with van der Waals surface area (Å²) in [5.41, 5.74) is 9.15. The molecule has 2 aromatic heterocycles. The van der Waals surface area contributed by atoms with Crippen LogP contribution in [0.3, 0.4) is 0 Å². The van der Waals surface area contributed by atoms with Crippen molar-refractivity contribution < 1.29 is 9.90 Å².